The number of carbonyl (C=O) groups is 1. The molecule has 1 aromatic rings. The number of nitrogens with two attached hydrogens (primary N) is 1. The maximum atomic E-state index is 11.8. The first kappa shape index (κ1) is 16.5. The number of primary sulfonamides is 1. The van der Waals surface area contributed by atoms with Gasteiger partial charge in [0.2, 0.25) is 10.0 Å². The molecule has 0 unspecified atom stereocenters. The van der Waals surface area contributed by atoms with Crippen LogP contribution in [0, 0.1) is 0 Å². The topological polar surface area (TPSA) is 95.7 Å². The van der Waals surface area contributed by atoms with Crippen molar-refractivity contribution in [2.24, 2.45) is 5.14 Å². The first-order valence-corrected chi connectivity index (χ1v) is 7.82. The minimum Gasteiger partial charge on any atom is -0.495 e. The summed E-state index contributed by atoms with van der Waals surface area (Å²) in [6.45, 7) is 2.35. The number of benzene rings is 1. The lowest BCUT2D eigenvalue weighted by Crippen LogP contribution is -2.15. The minimum absolute atomic E-state index is 0.0926. The van der Waals surface area contributed by atoms with Gasteiger partial charge in [-0.25, -0.2) is 18.4 Å². The molecule has 0 radical (unpaired) electrons. The molecule has 0 spiro atoms. The average Bonchev–Trinajstić information content (AvgIpc) is 2.41. The van der Waals surface area contributed by atoms with Crippen LogP contribution in [-0.4, -0.2) is 28.1 Å². The molecule has 0 fully saturated rings. The fraction of sp³-hybridized carbons (Fsp3) is 0.462. The third-order valence-electron chi connectivity index (χ3n) is 2.69. The fourth-order valence-electron chi connectivity index (χ4n) is 1.63. The van der Waals surface area contributed by atoms with Crippen molar-refractivity contribution in [2.75, 3.05) is 13.7 Å². The lowest BCUT2D eigenvalue weighted by atomic mass is 10.2. The number of ether oxygens (including phenoxy) is 2. The van der Waals surface area contributed by atoms with E-state index in [1.165, 1.54) is 19.2 Å². The minimum atomic E-state index is -3.96. The zero-order chi connectivity index (χ0) is 15.2. The van der Waals surface area contributed by atoms with Gasteiger partial charge in [0.1, 0.15) is 10.6 Å². The second-order valence-corrected chi connectivity index (χ2v) is 5.78. The van der Waals surface area contributed by atoms with E-state index < -0.39 is 16.0 Å². The molecule has 0 aromatic heterocycles. The van der Waals surface area contributed by atoms with Gasteiger partial charge in [0.25, 0.3) is 0 Å². The van der Waals surface area contributed by atoms with Crippen molar-refractivity contribution in [1.29, 1.82) is 0 Å². The van der Waals surface area contributed by atoms with E-state index in [2.05, 4.69) is 0 Å². The van der Waals surface area contributed by atoms with E-state index in [0.29, 0.717) is 6.61 Å². The van der Waals surface area contributed by atoms with Gasteiger partial charge in [-0.05, 0) is 24.6 Å². The number of unbranched alkanes of at least 4 members (excludes halogenated alkanes) is 2. The van der Waals surface area contributed by atoms with Gasteiger partial charge < -0.3 is 9.47 Å². The van der Waals surface area contributed by atoms with Crippen molar-refractivity contribution in [2.45, 2.75) is 31.1 Å². The molecule has 0 saturated carbocycles. The summed E-state index contributed by atoms with van der Waals surface area (Å²) in [5.74, 6) is -0.483. The Morgan fingerprint density at radius 2 is 2.00 bits per heavy atom. The predicted molar refractivity (Wildman–Crippen MR) is 74.2 cm³/mol. The van der Waals surface area contributed by atoms with Crippen molar-refractivity contribution < 1.29 is 22.7 Å². The zero-order valence-corrected chi connectivity index (χ0v) is 12.4. The molecule has 20 heavy (non-hydrogen) atoms. The maximum Gasteiger partial charge on any atom is 0.338 e. The SMILES string of the molecule is CCCCCOC(=O)c1ccc(OC)c(S(N)(=O)=O)c1. The average molecular weight is 301 g/mol. The van der Waals surface area contributed by atoms with Crippen LogP contribution in [0.2, 0.25) is 0 Å². The van der Waals surface area contributed by atoms with Gasteiger partial charge in [-0.1, -0.05) is 19.8 Å². The fourth-order valence-corrected chi connectivity index (χ4v) is 2.35. The Morgan fingerprint density at radius 1 is 1.30 bits per heavy atom. The monoisotopic (exact) mass is 301 g/mol. The summed E-state index contributed by atoms with van der Waals surface area (Å²) in [6.07, 6.45) is 2.77. The molecular weight excluding hydrogens is 282 g/mol. The molecule has 0 atom stereocenters. The van der Waals surface area contributed by atoms with Crippen molar-refractivity contribution in [3.05, 3.63) is 23.8 Å². The molecule has 1 rings (SSSR count). The number of carbonyl (C=O) groups excluding carboxylic acids is 1. The normalized spacial score (nSPS) is 11.2. The Balaban J connectivity index is 2.89. The Bertz CT molecular complexity index is 568. The Morgan fingerprint density at radius 3 is 2.55 bits per heavy atom. The van der Waals surface area contributed by atoms with Gasteiger partial charge in [0, 0.05) is 0 Å². The van der Waals surface area contributed by atoms with Crippen LogP contribution < -0.4 is 9.88 Å². The number of methoxy groups -OCH3 is 1. The molecule has 112 valence electrons. The lowest BCUT2D eigenvalue weighted by Gasteiger charge is -2.09. The molecular formula is C13H19NO5S. The molecule has 7 heteroatoms. The number of esters is 1. The van der Waals surface area contributed by atoms with Crippen LogP contribution in [-0.2, 0) is 14.8 Å². The molecule has 0 saturated heterocycles. The van der Waals surface area contributed by atoms with Crippen molar-refractivity contribution >= 4 is 16.0 Å². The third kappa shape index (κ3) is 4.50. The largest absolute Gasteiger partial charge is 0.495 e. The molecule has 0 aliphatic rings. The molecule has 0 heterocycles. The van der Waals surface area contributed by atoms with Gasteiger partial charge in [0.15, 0.2) is 0 Å². The van der Waals surface area contributed by atoms with Gasteiger partial charge >= 0.3 is 5.97 Å². The highest BCUT2D eigenvalue weighted by molar-refractivity contribution is 7.89. The molecule has 0 aliphatic carbocycles. The van der Waals surface area contributed by atoms with Crippen LogP contribution in [0.4, 0.5) is 0 Å². The Kier molecular flexibility index (Phi) is 5.97. The van der Waals surface area contributed by atoms with Crippen LogP contribution in [0.1, 0.15) is 36.5 Å². The summed E-state index contributed by atoms with van der Waals surface area (Å²) in [4.78, 5) is 11.6. The summed E-state index contributed by atoms with van der Waals surface area (Å²) in [7, 11) is -2.64. The van der Waals surface area contributed by atoms with Gasteiger partial charge in [-0.15, -0.1) is 0 Å². The Labute approximate surface area is 118 Å². The first-order chi connectivity index (χ1) is 9.40. The number of hydrogen-bond donors (Lipinski definition) is 1. The highest BCUT2D eigenvalue weighted by Crippen LogP contribution is 2.24. The van der Waals surface area contributed by atoms with Crippen molar-refractivity contribution in [1.82, 2.24) is 0 Å². The quantitative estimate of drug-likeness (QED) is 0.610. The highest BCUT2D eigenvalue weighted by atomic mass is 32.2. The van der Waals surface area contributed by atoms with E-state index in [1.54, 1.807) is 0 Å². The van der Waals surface area contributed by atoms with Gasteiger partial charge in [-0.2, -0.15) is 0 Å². The van der Waals surface area contributed by atoms with Gasteiger partial charge in [0.05, 0.1) is 19.3 Å². The molecule has 0 amide bonds. The Hall–Kier alpha value is -1.60. The van der Waals surface area contributed by atoms with Gasteiger partial charge in [-0.3, -0.25) is 0 Å². The first-order valence-electron chi connectivity index (χ1n) is 6.28. The summed E-state index contributed by atoms with van der Waals surface area (Å²) < 4.78 is 32.8. The van der Waals surface area contributed by atoms with Crippen molar-refractivity contribution in [3.63, 3.8) is 0 Å². The van der Waals surface area contributed by atoms with E-state index in [1.807, 2.05) is 6.92 Å². The predicted octanol–water partition coefficient (Wildman–Crippen LogP) is 1.69. The summed E-state index contributed by atoms with van der Waals surface area (Å²) >= 11 is 0. The third-order valence-corrected chi connectivity index (χ3v) is 3.62. The van der Waals surface area contributed by atoms with Crippen LogP contribution in [0.3, 0.4) is 0 Å². The summed E-state index contributed by atoms with van der Waals surface area (Å²) in [5.41, 5.74) is 0.131. The zero-order valence-electron chi connectivity index (χ0n) is 11.6. The second-order valence-electron chi connectivity index (χ2n) is 4.25. The smallest absolute Gasteiger partial charge is 0.338 e. The number of sulfonamides is 1. The van der Waals surface area contributed by atoms with Crippen molar-refractivity contribution in [3.8, 4) is 5.75 Å². The van der Waals surface area contributed by atoms with E-state index in [-0.39, 0.29) is 16.2 Å². The van der Waals surface area contributed by atoms with E-state index in [0.717, 1.165) is 25.3 Å². The van der Waals surface area contributed by atoms with E-state index in [9.17, 15) is 13.2 Å². The molecule has 0 aliphatic heterocycles. The summed E-state index contributed by atoms with van der Waals surface area (Å²) in [6, 6.07) is 3.98. The standard InChI is InChI=1S/C13H19NO5S/c1-3-4-5-8-19-13(15)10-6-7-11(18-2)12(9-10)20(14,16)17/h6-7,9H,3-5,8H2,1-2H3,(H2,14,16,17). The highest BCUT2D eigenvalue weighted by Gasteiger charge is 2.18. The molecule has 2 N–H and O–H groups in total. The molecule has 6 nitrogen and oxygen atoms in total. The number of hydrogen-bond acceptors (Lipinski definition) is 5. The number of rotatable bonds is 7. The second kappa shape index (κ2) is 7.25. The molecule has 0 bridgehead atoms. The van der Waals surface area contributed by atoms with Crippen LogP contribution in [0.25, 0.3) is 0 Å². The van der Waals surface area contributed by atoms with Crippen LogP contribution >= 0.6 is 0 Å². The van der Waals surface area contributed by atoms with E-state index in [4.69, 9.17) is 14.6 Å². The summed E-state index contributed by atoms with van der Waals surface area (Å²) in [5, 5.41) is 5.08. The lowest BCUT2D eigenvalue weighted by molar-refractivity contribution is 0.0498. The van der Waals surface area contributed by atoms with Crippen LogP contribution in [0.5, 0.6) is 5.75 Å². The van der Waals surface area contributed by atoms with E-state index >= 15 is 0 Å². The maximum absolute atomic E-state index is 11.8. The van der Waals surface area contributed by atoms with Crippen LogP contribution in [0.15, 0.2) is 23.1 Å². The molecule has 1 aromatic carbocycles.